The molecule has 0 amide bonds. The third-order valence-corrected chi connectivity index (χ3v) is 3.13. The molecule has 0 aliphatic carbocycles. The Kier molecular flexibility index (Phi) is 2.17. The van der Waals surface area contributed by atoms with Gasteiger partial charge in [0.2, 0.25) is 5.88 Å². The number of fused-ring (bicyclic) bond motifs is 1. The van der Waals surface area contributed by atoms with Crippen LogP contribution in [0.5, 0.6) is 5.88 Å². The highest BCUT2D eigenvalue weighted by Crippen LogP contribution is 2.31. The number of methoxy groups -OCH3 is 1. The van der Waals surface area contributed by atoms with Gasteiger partial charge in [-0.2, -0.15) is 0 Å². The lowest BCUT2D eigenvalue weighted by atomic mass is 10.4. The maximum absolute atomic E-state index is 5.96. The predicted octanol–water partition coefficient (Wildman–Crippen LogP) is 2.76. The van der Waals surface area contributed by atoms with Gasteiger partial charge in [-0.05, 0) is 15.9 Å². The van der Waals surface area contributed by atoms with E-state index in [1.54, 1.807) is 25.7 Å². The summed E-state index contributed by atoms with van der Waals surface area (Å²) in [7, 11) is 1.60. The third-order valence-electron chi connectivity index (χ3n) is 1.77. The quantitative estimate of drug-likeness (QED) is 0.789. The highest BCUT2D eigenvalue weighted by atomic mass is 79.9. The highest BCUT2D eigenvalue weighted by Gasteiger charge is 2.08. The zero-order chi connectivity index (χ0) is 9.42. The van der Waals surface area contributed by atoms with E-state index in [-0.39, 0.29) is 0 Å². The molecule has 2 aromatic heterocycles. The van der Waals surface area contributed by atoms with Crippen LogP contribution in [0.2, 0.25) is 5.02 Å². The van der Waals surface area contributed by atoms with E-state index in [1.165, 1.54) is 0 Å². The normalized spacial score (nSPS) is 10.7. The van der Waals surface area contributed by atoms with Gasteiger partial charge >= 0.3 is 0 Å². The molecule has 0 N–H and O–H groups in total. The molecule has 2 rings (SSSR count). The van der Waals surface area contributed by atoms with Crippen LogP contribution >= 0.6 is 27.5 Å². The molecule has 5 heteroatoms. The second-order valence-corrected chi connectivity index (χ2v) is 3.70. The fourth-order valence-corrected chi connectivity index (χ4v) is 1.75. The lowest BCUT2D eigenvalue weighted by Gasteiger charge is -2.06. The minimum Gasteiger partial charge on any atom is -0.482 e. The summed E-state index contributed by atoms with van der Waals surface area (Å²) in [6.45, 7) is 0. The molecule has 0 aliphatic heterocycles. The van der Waals surface area contributed by atoms with Gasteiger partial charge in [0.05, 0.1) is 28.3 Å². The minimum atomic E-state index is 0.616. The Labute approximate surface area is 88.4 Å². The van der Waals surface area contributed by atoms with Gasteiger partial charge in [0, 0.05) is 6.07 Å². The molecule has 0 radical (unpaired) electrons. The van der Waals surface area contributed by atoms with E-state index in [1.807, 2.05) is 4.40 Å². The van der Waals surface area contributed by atoms with Gasteiger partial charge in [-0.1, -0.05) is 11.6 Å². The monoisotopic (exact) mass is 260 g/mol. The molecule has 0 aromatic carbocycles. The number of pyridine rings is 1. The van der Waals surface area contributed by atoms with E-state index in [0.29, 0.717) is 10.9 Å². The zero-order valence-corrected chi connectivity index (χ0v) is 9.13. The van der Waals surface area contributed by atoms with Crippen LogP contribution in [0.4, 0.5) is 0 Å². The summed E-state index contributed by atoms with van der Waals surface area (Å²) in [5.74, 6) is 0.667. The van der Waals surface area contributed by atoms with Crippen LogP contribution in [0, 0.1) is 0 Å². The van der Waals surface area contributed by atoms with Gasteiger partial charge in [-0.3, -0.25) is 4.40 Å². The summed E-state index contributed by atoms with van der Waals surface area (Å²) in [6.07, 6.45) is 3.40. The molecule has 0 spiro atoms. The summed E-state index contributed by atoms with van der Waals surface area (Å²) in [5, 5.41) is 0.616. The molecule has 2 aromatic rings. The molecular weight excluding hydrogens is 255 g/mol. The largest absolute Gasteiger partial charge is 0.482 e. The maximum Gasteiger partial charge on any atom is 0.200 e. The second kappa shape index (κ2) is 3.20. The lowest BCUT2D eigenvalue weighted by Crippen LogP contribution is -1.93. The molecule has 3 nitrogen and oxygen atoms in total. The van der Waals surface area contributed by atoms with Crippen molar-refractivity contribution in [2.45, 2.75) is 0 Å². The average Bonchev–Trinajstić information content (AvgIpc) is 2.60. The van der Waals surface area contributed by atoms with Crippen molar-refractivity contribution in [2.75, 3.05) is 7.11 Å². The van der Waals surface area contributed by atoms with Crippen LogP contribution in [0.15, 0.2) is 23.1 Å². The van der Waals surface area contributed by atoms with Gasteiger partial charge < -0.3 is 4.74 Å². The Bertz CT molecular complexity index is 455. The number of ether oxygens (including phenoxy) is 1. The van der Waals surface area contributed by atoms with Crippen LogP contribution < -0.4 is 4.74 Å². The van der Waals surface area contributed by atoms with Crippen molar-refractivity contribution in [2.24, 2.45) is 0 Å². The SMILES string of the molecule is COc1cc(Cl)c(Br)c2cncn12. The fourth-order valence-electron chi connectivity index (χ4n) is 1.15. The highest BCUT2D eigenvalue weighted by molar-refractivity contribution is 9.10. The van der Waals surface area contributed by atoms with E-state index >= 15 is 0 Å². The Morgan fingerprint density at radius 3 is 3.08 bits per heavy atom. The molecule has 0 unspecified atom stereocenters. The van der Waals surface area contributed by atoms with Crippen LogP contribution in [0.3, 0.4) is 0 Å². The zero-order valence-electron chi connectivity index (χ0n) is 6.79. The lowest BCUT2D eigenvalue weighted by molar-refractivity contribution is 0.392. The Morgan fingerprint density at radius 1 is 1.62 bits per heavy atom. The summed E-state index contributed by atoms with van der Waals surface area (Å²) >= 11 is 9.34. The minimum absolute atomic E-state index is 0.616. The number of imidazole rings is 1. The van der Waals surface area contributed by atoms with Gasteiger partial charge in [0.1, 0.15) is 6.33 Å². The van der Waals surface area contributed by atoms with Crippen molar-refractivity contribution in [1.82, 2.24) is 9.38 Å². The number of rotatable bonds is 1. The molecular formula is C8H6BrClN2O. The van der Waals surface area contributed by atoms with Crippen LogP contribution in [0.25, 0.3) is 5.52 Å². The van der Waals surface area contributed by atoms with Gasteiger partial charge in [0.15, 0.2) is 0 Å². The number of aromatic nitrogens is 2. The van der Waals surface area contributed by atoms with Gasteiger partial charge in [0.25, 0.3) is 0 Å². The van der Waals surface area contributed by atoms with Crippen LogP contribution in [-0.2, 0) is 0 Å². The summed E-state index contributed by atoms with van der Waals surface area (Å²) in [4.78, 5) is 4.01. The van der Waals surface area contributed by atoms with E-state index < -0.39 is 0 Å². The van der Waals surface area contributed by atoms with Crippen molar-refractivity contribution in [1.29, 1.82) is 0 Å². The molecule has 68 valence electrons. The van der Waals surface area contributed by atoms with Crippen LogP contribution in [-0.4, -0.2) is 16.5 Å². The summed E-state index contributed by atoms with van der Waals surface area (Å²) < 4.78 is 7.78. The molecule has 0 fully saturated rings. The number of hydrogen-bond acceptors (Lipinski definition) is 2. The summed E-state index contributed by atoms with van der Waals surface area (Å²) in [5.41, 5.74) is 0.893. The van der Waals surface area contributed by atoms with E-state index in [2.05, 4.69) is 20.9 Å². The Hall–Kier alpha value is -0.740. The van der Waals surface area contributed by atoms with Crippen LogP contribution in [0.1, 0.15) is 0 Å². The van der Waals surface area contributed by atoms with E-state index in [4.69, 9.17) is 16.3 Å². The van der Waals surface area contributed by atoms with Crippen molar-refractivity contribution in [3.63, 3.8) is 0 Å². The third kappa shape index (κ3) is 1.30. The standard InChI is InChI=1S/C8H6BrClN2O/c1-13-7-2-5(10)8(9)6-3-11-4-12(6)7/h2-4H,1H3. The van der Waals surface area contributed by atoms with E-state index in [0.717, 1.165) is 9.99 Å². The molecule has 2 heterocycles. The molecule has 0 saturated carbocycles. The smallest absolute Gasteiger partial charge is 0.200 e. The number of nitrogens with zero attached hydrogens (tertiary/aromatic N) is 2. The van der Waals surface area contributed by atoms with Gasteiger partial charge in [-0.15, -0.1) is 0 Å². The van der Waals surface area contributed by atoms with Crippen molar-refractivity contribution < 1.29 is 4.74 Å². The van der Waals surface area contributed by atoms with E-state index in [9.17, 15) is 0 Å². The number of hydrogen-bond donors (Lipinski definition) is 0. The first-order valence-electron chi connectivity index (χ1n) is 3.58. The topological polar surface area (TPSA) is 26.5 Å². The van der Waals surface area contributed by atoms with Gasteiger partial charge in [-0.25, -0.2) is 4.98 Å². The fraction of sp³-hybridized carbons (Fsp3) is 0.125. The Balaban J connectivity index is 2.87. The molecule has 0 bridgehead atoms. The average molecular weight is 262 g/mol. The molecule has 0 saturated heterocycles. The first-order valence-corrected chi connectivity index (χ1v) is 4.75. The first-order chi connectivity index (χ1) is 6.24. The van der Waals surface area contributed by atoms with Crippen molar-refractivity contribution in [3.8, 4) is 5.88 Å². The molecule has 0 atom stereocenters. The van der Waals surface area contributed by atoms with Crippen molar-refractivity contribution in [3.05, 3.63) is 28.1 Å². The summed E-state index contributed by atoms with van der Waals surface area (Å²) in [6, 6.07) is 1.74. The van der Waals surface area contributed by atoms with Crippen molar-refractivity contribution >= 4 is 33.0 Å². The predicted molar refractivity (Wildman–Crippen MR) is 54.5 cm³/mol. The second-order valence-electron chi connectivity index (χ2n) is 2.50. The Morgan fingerprint density at radius 2 is 2.38 bits per heavy atom. The molecule has 0 aliphatic rings. The first kappa shape index (κ1) is 8.84. The molecule has 13 heavy (non-hydrogen) atoms. The maximum atomic E-state index is 5.96. The number of halogens is 2.